The van der Waals surface area contributed by atoms with Crippen molar-refractivity contribution in [2.45, 2.75) is 13.0 Å². The van der Waals surface area contributed by atoms with Crippen molar-refractivity contribution in [3.63, 3.8) is 0 Å². The summed E-state index contributed by atoms with van der Waals surface area (Å²) in [5.74, 6) is -1.20. The number of alkyl halides is 2. The number of ketones is 1. The van der Waals surface area contributed by atoms with E-state index in [4.69, 9.17) is 0 Å². The van der Waals surface area contributed by atoms with E-state index >= 15 is 0 Å². The van der Waals surface area contributed by atoms with Crippen LogP contribution in [-0.2, 0) is 11.3 Å². The number of hydrogen-bond donors (Lipinski definition) is 0. The van der Waals surface area contributed by atoms with Crippen molar-refractivity contribution in [2.24, 2.45) is 0 Å². The highest BCUT2D eigenvalue weighted by atomic mass is 79.9. The second-order valence-electron chi connectivity index (χ2n) is 2.07. The first-order chi connectivity index (χ1) is 6.00. The van der Waals surface area contributed by atoms with Gasteiger partial charge in [-0.1, -0.05) is 0 Å². The summed E-state index contributed by atoms with van der Waals surface area (Å²) < 4.78 is 25.1. The van der Waals surface area contributed by atoms with Crippen molar-refractivity contribution in [3.8, 4) is 0 Å². The zero-order valence-corrected chi connectivity index (χ0v) is 9.22. The molecule has 0 atom stereocenters. The molecule has 8 heteroatoms. The molecule has 72 valence electrons. The van der Waals surface area contributed by atoms with Crippen LogP contribution < -0.4 is 0 Å². The van der Waals surface area contributed by atoms with Gasteiger partial charge in [-0.25, -0.2) is 13.5 Å². The smallest absolute Gasteiger partial charge is 0.291 e. The molecule has 0 aliphatic carbocycles. The second kappa shape index (κ2) is 4.23. The average molecular weight is 319 g/mol. The molecule has 0 aromatic carbocycles. The Morgan fingerprint density at radius 3 is 2.54 bits per heavy atom. The van der Waals surface area contributed by atoms with Crippen LogP contribution in [0.2, 0.25) is 0 Å². The Labute approximate surface area is 88.6 Å². The molecule has 0 saturated heterocycles. The van der Waals surface area contributed by atoms with E-state index in [2.05, 4.69) is 41.9 Å². The van der Waals surface area contributed by atoms with Gasteiger partial charge in [0.05, 0.1) is 0 Å². The van der Waals surface area contributed by atoms with Gasteiger partial charge in [0.25, 0.3) is 6.43 Å². The molecule has 1 rings (SSSR count). The van der Waals surface area contributed by atoms with Crippen LogP contribution in [0, 0.1) is 0 Å². The number of carbonyl (C=O) groups excluding carboxylic acids is 1. The summed E-state index contributed by atoms with van der Waals surface area (Å²) in [5, 5.41) is 3.65. The molecule has 1 aromatic heterocycles. The Morgan fingerprint density at radius 2 is 2.15 bits per heavy atom. The molecule has 1 heterocycles. The van der Waals surface area contributed by atoms with E-state index < -0.39 is 18.8 Å². The third kappa shape index (κ3) is 2.80. The lowest BCUT2D eigenvalue weighted by molar-refractivity contribution is -0.130. The zero-order valence-electron chi connectivity index (χ0n) is 6.05. The standard InChI is InChI=1S/C5H3Br2F2N3O/c6-4-10-5(7)12(11-4)1-2(13)3(8)9/h3H,1H2. The van der Waals surface area contributed by atoms with Gasteiger partial charge in [0.2, 0.25) is 10.5 Å². The monoisotopic (exact) mass is 317 g/mol. The Bertz CT molecular complexity index is 328. The third-order valence-corrected chi connectivity index (χ3v) is 2.07. The number of nitrogens with zero attached hydrogens (tertiary/aromatic N) is 3. The van der Waals surface area contributed by atoms with E-state index in [0.717, 1.165) is 4.68 Å². The van der Waals surface area contributed by atoms with Gasteiger partial charge in [0.1, 0.15) is 6.54 Å². The summed E-state index contributed by atoms with van der Waals surface area (Å²) >= 11 is 5.90. The number of carbonyl (C=O) groups is 1. The van der Waals surface area contributed by atoms with Crippen LogP contribution in [0.5, 0.6) is 0 Å². The molecule has 0 unspecified atom stereocenters. The molecule has 0 amide bonds. The lowest BCUT2D eigenvalue weighted by atomic mass is 10.4. The molecule has 0 bridgehead atoms. The summed E-state index contributed by atoms with van der Waals surface area (Å²) in [4.78, 5) is 14.3. The van der Waals surface area contributed by atoms with Gasteiger partial charge < -0.3 is 0 Å². The number of halogens is 4. The van der Waals surface area contributed by atoms with Gasteiger partial charge in [0.15, 0.2) is 4.73 Å². The van der Waals surface area contributed by atoms with Crippen molar-refractivity contribution < 1.29 is 13.6 Å². The first-order valence-corrected chi connectivity index (χ1v) is 4.66. The number of rotatable bonds is 3. The first kappa shape index (κ1) is 10.7. The van der Waals surface area contributed by atoms with Crippen LogP contribution in [0.25, 0.3) is 0 Å². The molecule has 0 aliphatic heterocycles. The second-order valence-corrected chi connectivity index (χ2v) is 3.49. The van der Waals surface area contributed by atoms with E-state index in [1.54, 1.807) is 0 Å². The first-order valence-electron chi connectivity index (χ1n) is 3.07. The molecular weight excluding hydrogens is 316 g/mol. The molecule has 4 nitrogen and oxygen atoms in total. The SMILES string of the molecule is O=C(Cn1nc(Br)nc1Br)C(F)F. The maximum Gasteiger partial charge on any atom is 0.297 e. The fraction of sp³-hybridized carbons (Fsp3) is 0.400. The Kier molecular flexibility index (Phi) is 3.48. The highest BCUT2D eigenvalue weighted by Crippen LogP contribution is 2.11. The fourth-order valence-corrected chi connectivity index (χ4v) is 1.58. The Morgan fingerprint density at radius 1 is 1.54 bits per heavy atom. The normalized spacial score (nSPS) is 10.8. The maximum atomic E-state index is 11.8. The van der Waals surface area contributed by atoms with Crippen molar-refractivity contribution >= 4 is 37.6 Å². The maximum absolute atomic E-state index is 11.8. The van der Waals surface area contributed by atoms with E-state index in [0.29, 0.717) is 0 Å². The van der Waals surface area contributed by atoms with Crippen LogP contribution >= 0.6 is 31.9 Å². The summed E-state index contributed by atoms with van der Waals surface area (Å²) in [6, 6.07) is 0. The molecule has 0 aliphatic rings. The Balaban J connectivity index is 2.74. The van der Waals surface area contributed by atoms with Gasteiger partial charge in [-0.05, 0) is 31.9 Å². The minimum Gasteiger partial charge on any atom is -0.291 e. The highest BCUT2D eigenvalue weighted by molar-refractivity contribution is 9.11. The molecular formula is C5H3Br2F2N3O. The van der Waals surface area contributed by atoms with Crippen LogP contribution in [-0.4, -0.2) is 27.0 Å². The molecule has 13 heavy (non-hydrogen) atoms. The van der Waals surface area contributed by atoms with E-state index in [1.807, 2.05) is 0 Å². The minimum absolute atomic E-state index is 0.230. The summed E-state index contributed by atoms with van der Waals surface area (Å²) in [6.07, 6.45) is -2.98. The van der Waals surface area contributed by atoms with Gasteiger partial charge in [0, 0.05) is 0 Å². The van der Waals surface area contributed by atoms with Crippen molar-refractivity contribution in [3.05, 3.63) is 9.47 Å². The van der Waals surface area contributed by atoms with E-state index in [-0.39, 0.29) is 9.47 Å². The summed E-state index contributed by atoms with van der Waals surface area (Å²) in [5.41, 5.74) is 0. The van der Waals surface area contributed by atoms with Crippen molar-refractivity contribution in [2.75, 3.05) is 0 Å². The Hall–Kier alpha value is -0.370. The zero-order chi connectivity index (χ0) is 10.0. The highest BCUT2D eigenvalue weighted by Gasteiger charge is 2.18. The average Bonchev–Trinajstić information content (AvgIpc) is 2.30. The van der Waals surface area contributed by atoms with Crippen molar-refractivity contribution in [1.29, 1.82) is 0 Å². The van der Waals surface area contributed by atoms with Crippen LogP contribution in [0.4, 0.5) is 8.78 Å². The van der Waals surface area contributed by atoms with E-state index in [9.17, 15) is 13.6 Å². The van der Waals surface area contributed by atoms with Crippen LogP contribution in [0.1, 0.15) is 0 Å². The molecule has 0 N–H and O–H groups in total. The molecule has 0 radical (unpaired) electrons. The van der Waals surface area contributed by atoms with Gasteiger partial charge in [-0.3, -0.25) is 4.79 Å². The fourth-order valence-electron chi connectivity index (χ4n) is 0.614. The lowest BCUT2D eigenvalue weighted by Gasteiger charge is -1.99. The number of Topliss-reactive ketones (excluding diaryl/α,β-unsaturated/α-hetero) is 1. The van der Waals surface area contributed by atoms with Gasteiger partial charge in [-0.2, -0.15) is 4.98 Å². The number of aromatic nitrogens is 3. The lowest BCUT2D eigenvalue weighted by Crippen LogP contribution is -2.18. The predicted molar refractivity (Wildman–Crippen MR) is 46.4 cm³/mol. The largest absolute Gasteiger partial charge is 0.297 e. The summed E-state index contributed by atoms with van der Waals surface area (Å²) in [6.45, 7) is -0.489. The molecule has 0 saturated carbocycles. The topological polar surface area (TPSA) is 47.8 Å². The van der Waals surface area contributed by atoms with Gasteiger partial charge in [-0.15, -0.1) is 5.10 Å². The predicted octanol–water partition coefficient (Wildman–Crippen LogP) is 1.64. The molecule has 0 fully saturated rings. The quantitative estimate of drug-likeness (QED) is 0.851. The summed E-state index contributed by atoms with van der Waals surface area (Å²) in [7, 11) is 0. The van der Waals surface area contributed by atoms with Gasteiger partial charge >= 0.3 is 0 Å². The van der Waals surface area contributed by atoms with Crippen LogP contribution in [0.15, 0.2) is 9.47 Å². The van der Waals surface area contributed by atoms with Crippen LogP contribution in [0.3, 0.4) is 0 Å². The third-order valence-electron chi connectivity index (χ3n) is 1.15. The minimum atomic E-state index is -2.98. The molecule has 0 spiro atoms. The van der Waals surface area contributed by atoms with E-state index in [1.165, 1.54) is 0 Å². The number of hydrogen-bond acceptors (Lipinski definition) is 3. The van der Waals surface area contributed by atoms with Crippen molar-refractivity contribution in [1.82, 2.24) is 14.8 Å². The molecule has 1 aromatic rings.